The number of hydrogen-bond acceptors (Lipinski definition) is 3. The Balaban J connectivity index is 1.88. The van der Waals surface area contributed by atoms with Crippen LogP contribution in [-0.2, 0) is 24.8 Å². The van der Waals surface area contributed by atoms with E-state index in [4.69, 9.17) is 11.6 Å². The Morgan fingerprint density at radius 2 is 1.86 bits per heavy atom. The molecular formula is C15H16ClN3O3. The van der Waals surface area contributed by atoms with Gasteiger partial charge in [0, 0.05) is 30.9 Å². The largest absolute Gasteiger partial charge is 0.354 e. The SMILES string of the molecule is Cn1c(=O)ccn(CC(=O)NCCc2ccc(Cl)cc2)c1=O. The van der Waals surface area contributed by atoms with Crippen molar-refractivity contribution in [2.24, 2.45) is 7.05 Å². The van der Waals surface area contributed by atoms with Crippen LogP contribution in [0.5, 0.6) is 0 Å². The van der Waals surface area contributed by atoms with Gasteiger partial charge in [-0.05, 0) is 24.1 Å². The summed E-state index contributed by atoms with van der Waals surface area (Å²) in [4.78, 5) is 34.9. The molecule has 7 heteroatoms. The molecule has 0 aliphatic rings. The van der Waals surface area contributed by atoms with Gasteiger partial charge in [-0.1, -0.05) is 23.7 Å². The molecule has 0 bridgehead atoms. The van der Waals surface area contributed by atoms with Gasteiger partial charge in [0.1, 0.15) is 6.54 Å². The van der Waals surface area contributed by atoms with Gasteiger partial charge in [0.25, 0.3) is 5.56 Å². The maximum absolute atomic E-state index is 11.8. The topological polar surface area (TPSA) is 73.1 Å². The summed E-state index contributed by atoms with van der Waals surface area (Å²) in [5, 5.41) is 3.40. The molecular weight excluding hydrogens is 306 g/mol. The van der Waals surface area contributed by atoms with Gasteiger partial charge in [0.2, 0.25) is 5.91 Å². The van der Waals surface area contributed by atoms with Crippen LogP contribution in [0, 0.1) is 0 Å². The summed E-state index contributed by atoms with van der Waals surface area (Å²) in [7, 11) is 1.37. The number of halogens is 1. The molecule has 116 valence electrons. The van der Waals surface area contributed by atoms with Crippen LogP contribution in [0.3, 0.4) is 0 Å². The van der Waals surface area contributed by atoms with E-state index in [0.717, 1.165) is 10.1 Å². The van der Waals surface area contributed by atoms with Crippen LogP contribution in [0.1, 0.15) is 5.56 Å². The fraction of sp³-hybridized carbons (Fsp3) is 0.267. The van der Waals surface area contributed by atoms with Crippen molar-refractivity contribution in [3.63, 3.8) is 0 Å². The number of aromatic nitrogens is 2. The zero-order chi connectivity index (χ0) is 16.1. The zero-order valence-corrected chi connectivity index (χ0v) is 12.8. The average molecular weight is 322 g/mol. The average Bonchev–Trinajstić information content (AvgIpc) is 2.50. The van der Waals surface area contributed by atoms with Crippen molar-refractivity contribution < 1.29 is 4.79 Å². The smallest absolute Gasteiger partial charge is 0.331 e. The van der Waals surface area contributed by atoms with E-state index in [1.165, 1.54) is 23.9 Å². The molecule has 0 spiro atoms. The van der Waals surface area contributed by atoms with E-state index in [1.807, 2.05) is 12.1 Å². The number of carbonyl (C=O) groups excluding carboxylic acids is 1. The molecule has 2 aromatic rings. The molecule has 0 fully saturated rings. The fourth-order valence-corrected chi connectivity index (χ4v) is 2.07. The number of rotatable bonds is 5. The van der Waals surface area contributed by atoms with Crippen LogP contribution in [0.15, 0.2) is 46.1 Å². The quantitative estimate of drug-likeness (QED) is 0.874. The third-order valence-corrected chi connectivity index (χ3v) is 3.48. The molecule has 1 aromatic heterocycles. The highest BCUT2D eigenvalue weighted by atomic mass is 35.5. The Morgan fingerprint density at radius 3 is 2.55 bits per heavy atom. The molecule has 1 aromatic carbocycles. The lowest BCUT2D eigenvalue weighted by molar-refractivity contribution is -0.121. The predicted octanol–water partition coefficient (Wildman–Crippen LogP) is 0.559. The fourth-order valence-electron chi connectivity index (χ4n) is 1.94. The van der Waals surface area contributed by atoms with Crippen molar-refractivity contribution in [2.45, 2.75) is 13.0 Å². The number of nitrogens with zero attached hydrogens (tertiary/aromatic N) is 2. The first-order valence-electron chi connectivity index (χ1n) is 6.75. The second kappa shape index (κ2) is 7.09. The van der Waals surface area contributed by atoms with Crippen molar-refractivity contribution >= 4 is 17.5 Å². The first-order valence-corrected chi connectivity index (χ1v) is 7.13. The Morgan fingerprint density at radius 1 is 1.18 bits per heavy atom. The predicted molar refractivity (Wildman–Crippen MR) is 84.1 cm³/mol. The van der Waals surface area contributed by atoms with E-state index in [-0.39, 0.29) is 12.5 Å². The second-order valence-corrected chi connectivity index (χ2v) is 5.29. The van der Waals surface area contributed by atoms with Crippen LogP contribution in [-0.4, -0.2) is 21.6 Å². The Kier molecular flexibility index (Phi) is 5.16. The molecule has 6 nitrogen and oxygen atoms in total. The summed E-state index contributed by atoms with van der Waals surface area (Å²) < 4.78 is 2.15. The molecule has 0 radical (unpaired) electrons. The Labute approximate surface area is 132 Å². The van der Waals surface area contributed by atoms with E-state index in [1.54, 1.807) is 12.1 Å². The van der Waals surface area contributed by atoms with Crippen molar-refractivity contribution in [2.75, 3.05) is 6.54 Å². The van der Waals surface area contributed by atoms with Gasteiger partial charge in [0.15, 0.2) is 0 Å². The molecule has 0 saturated heterocycles. The molecule has 0 aliphatic carbocycles. The first-order chi connectivity index (χ1) is 10.5. The van der Waals surface area contributed by atoms with Gasteiger partial charge >= 0.3 is 5.69 Å². The van der Waals surface area contributed by atoms with Crippen LogP contribution < -0.4 is 16.6 Å². The summed E-state index contributed by atoms with van der Waals surface area (Å²) in [6.45, 7) is 0.342. The molecule has 1 heterocycles. The molecule has 0 atom stereocenters. The third kappa shape index (κ3) is 4.08. The Bertz CT molecular complexity index is 778. The van der Waals surface area contributed by atoms with Gasteiger partial charge in [-0.2, -0.15) is 0 Å². The van der Waals surface area contributed by atoms with E-state index in [9.17, 15) is 14.4 Å². The highest BCUT2D eigenvalue weighted by Crippen LogP contribution is 2.09. The van der Waals surface area contributed by atoms with Gasteiger partial charge < -0.3 is 5.32 Å². The highest BCUT2D eigenvalue weighted by Gasteiger charge is 2.06. The zero-order valence-electron chi connectivity index (χ0n) is 12.1. The summed E-state index contributed by atoms with van der Waals surface area (Å²) in [6.07, 6.45) is 1.99. The van der Waals surface area contributed by atoms with Gasteiger partial charge in [-0.3, -0.25) is 18.7 Å². The van der Waals surface area contributed by atoms with Crippen molar-refractivity contribution in [1.29, 1.82) is 0 Å². The maximum atomic E-state index is 11.8. The minimum Gasteiger partial charge on any atom is -0.354 e. The van der Waals surface area contributed by atoms with Crippen molar-refractivity contribution in [3.05, 3.63) is 68.0 Å². The van der Waals surface area contributed by atoms with E-state index in [2.05, 4.69) is 5.32 Å². The molecule has 0 saturated carbocycles. The van der Waals surface area contributed by atoms with Crippen LogP contribution in [0.4, 0.5) is 0 Å². The molecule has 0 aliphatic heterocycles. The third-order valence-electron chi connectivity index (χ3n) is 3.22. The summed E-state index contributed by atoms with van der Waals surface area (Å²) in [6, 6.07) is 8.63. The van der Waals surface area contributed by atoms with Crippen molar-refractivity contribution in [1.82, 2.24) is 14.5 Å². The lowest BCUT2D eigenvalue weighted by atomic mass is 10.1. The minimum absolute atomic E-state index is 0.117. The van der Waals surface area contributed by atoms with Crippen LogP contribution in [0.2, 0.25) is 5.02 Å². The normalized spacial score (nSPS) is 10.5. The van der Waals surface area contributed by atoms with Gasteiger partial charge in [0.05, 0.1) is 0 Å². The number of carbonyl (C=O) groups is 1. The van der Waals surface area contributed by atoms with Gasteiger partial charge in [-0.25, -0.2) is 4.79 Å². The highest BCUT2D eigenvalue weighted by molar-refractivity contribution is 6.30. The molecule has 1 amide bonds. The summed E-state index contributed by atoms with van der Waals surface area (Å²) in [5.74, 6) is -0.283. The van der Waals surface area contributed by atoms with Crippen molar-refractivity contribution in [3.8, 4) is 0 Å². The Hall–Kier alpha value is -2.34. The number of benzene rings is 1. The van der Waals surface area contributed by atoms with Crippen LogP contribution in [0.25, 0.3) is 0 Å². The number of hydrogen-bond donors (Lipinski definition) is 1. The summed E-state index contributed by atoms with van der Waals surface area (Å²) in [5.41, 5.74) is 0.147. The van der Waals surface area contributed by atoms with E-state index in [0.29, 0.717) is 18.0 Å². The number of amides is 1. The maximum Gasteiger partial charge on any atom is 0.331 e. The lowest BCUT2D eigenvalue weighted by Gasteiger charge is -2.08. The lowest BCUT2D eigenvalue weighted by Crippen LogP contribution is -2.40. The standard InChI is InChI=1S/C15H16ClN3O3/c1-18-14(21)7-9-19(15(18)22)10-13(20)17-8-6-11-2-4-12(16)5-3-11/h2-5,7,9H,6,8,10H2,1H3,(H,17,20). The minimum atomic E-state index is -0.514. The van der Waals surface area contributed by atoms with Gasteiger partial charge in [-0.15, -0.1) is 0 Å². The molecule has 0 unspecified atom stereocenters. The number of nitrogens with one attached hydrogen (secondary N) is 1. The first kappa shape index (κ1) is 16.0. The van der Waals surface area contributed by atoms with Crippen LogP contribution >= 0.6 is 11.6 Å². The molecule has 2 rings (SSSR count). The molecule has 22 heavy (non-hydrogen) atoms. The van der Waals surface area contributed by atoms with E-state index < -0.39 is 11.2 Å². The second-order valence-electron chi connectivity index (χ2n) is 4.85. The monoisotopic (exact) mass is 321 g/mol. The van der Waals surface area contributed by atoms with E-state index >= 15 is 0 Å². The summed E-state index contributed by atoms with van der Waals surface area (Å²) >= 11 is 5.80. The molecule has 1 N–H and O–H groups in total.